The fraction of sp³-hybridized carbons (Fsp3) is 0.174. The van der Waals surface area contributed by atoms with E-state index in [1.165, 1.54) is 11.8 Å². The van der Waals surface area contributed by atoms with E-state index in [0.29, 0.717) is 18.8 Å². The second-order valence-corrected chi connectivity index (χ2v) is 9.23. The maximum atomic E-state index is 13.5. The van der Waals surface area contributed by atoms with Gasteiger partial charge in [0.2, 0.25) is 20.7 Å². The van der Waals surface area contributed by atoms with Crippen molar-refractivity contribution in [2.24, 2.45) is 0 Å². The number of furan rings is 1. The lowest BCUT2D eigenvalue weighted by Crippen LogP contribution is -2.31. The highest BCUT2D eigenvalue weighted by atomic mass is 32.2. The van der Waals surface area contributed by atoms with E-state index in [4.69, 9.17) is 8.83 Å². The molecule has 0 saturated heterocycles. The maximum absolute atomic E-state index is 13.5. The molecule has 1 aliphatic rings. The first-order valence-electron chi connectivity index (χ1n) is 9.70. The van der Waals surface area contributed by atoms with Gasteiger partial charge in [-0.3, -0.25) is 0 Å². The van der Waals surface area contributed by atoms with Gasteiger partial charge in [-0.05, 0) is 48.7 Å². The van der Waals surface area contributed by atoms with Crippen LogP contribution in [0, 0.1) is 6.92 Å². The van der Waals surface area contributed by atoms with Crippen molar-refractivity contribution in [2.75, 3.05) is 11.4 Å². The molecule has 7 heteroatoms. The minimum absolute atomic E-state index is 0.0860. The topological polar surface area (TPSA) is 76.5 Å². The molecule has 4 aromatic rings. The van der Waals surface area contributed by atoms with Crippen molar-refractivity contribution < 1.29 is 17.3 Å². The summed E-state index contributed by atoms with van der Waals surface area (Å²) >= 11 is 0. The van der Waals surface area contributed by atoms with Crippen LogP contribution < -0.4 is 4.90 Å². The first-order chi connectivity index (χ1) is 14.5. The summed E-state index contributed by atoms with van der Waals surface area (Å²) in [6.45, 7) is 3.11. The van der Waals surface area contributed by atoms with Gasteiger partial charge in [-0.25, -0.2) is 8.42 Å². The van der Waals surface area contributed by atoms with Crippen molar-refractivity contribution in [1.29, 1.82) is 0 Å². The predicted molar refractivity (Wildman–Crippen MR) is 112 cm³/mol. The van der Waals surface area contributed by atoms with Crippen LogP contribution in [-0.4, -0.2) is 19.9 Å². The third kappa shape index (κ3) is 3.21. The Balaban J connectivity index is 1.62. The van der Waals surface area contributed by atoms with E-state index >= 15 is 0 Å². The molecule has 0 aliphatic carbocycles. The monoisotopic (exact) mass is 420 g/mol. The van der Waals surface area contributed by atoms with E-state index in [1.807, 2.05) is 24.0 Å². The van der Waals surface area contributed by atoms with Crippen molar-refractivity contribution in [3.63, 3.8) is 0 Å². The fourth-order valence-electron chi connectivity index (χ4n) is 3.68. The second kappa shape index (κ2) is 7.18. The zero-order chi connectivity index (χ0) is 20.7. The van der Waals surface area contributed by atoms with Gasteiger partial charge in [0, 0.05) is 13.1 Å². The van der Waals surface area contributed by atoms with Crippen LogP contribution in [0.1, 0.15) is 16.7 Å². The number of sulfone groups is 1. The first kappa shape index (κ1) is 18.7. The van der Waals surface area contributed by atoms with Crippen LogP contribution in [0.3, 0.4) is 0 Å². The van der Waals surface area contributed by atoms with E-state index in [1.54, 1.807) is 36.4 Å². The number of oxazole rings is 1. The van der Waals surface area contributed by atoms with Gasteiger partial charge in [0.25, 0.3) is 5.89 Å². The highest BCUT2D eigenvalue weighted by molar-refractivity contribution is 7.91. The highest BCUT2D eigenvalue weighted by Crippen LogP contribution is 2.36. The lowest BCUT2D eigenvalue weighted by atomic mass is 10.0. The zero-order valence-corrected chi connectivity index (χ0v) is 17.2. The smallest absolute Gasteiger partial charge is 0.266 e. The molecule has 1 aliphatic heterocycles. The number of fused-ring (bicyclic) bond motifs is 1. The van der Waals surface area contributed by atoms with Crippen LogP contribution in [0.2, 0.25) is 0 Å². The highest BCUT2D eigenvalue weighted by Gasteiger charge is 2.33. The summed E-state index contributed by atoms with van der Waals surface area (Å²) in [4.78, 5) is 6.48. The summed E-state index contributed by atoms with van der Waals surface area (Å²) in [5, 5.41) is -0.0860. The minimum atomic E-state index is -3.87. The van der Waals surface area contributed by atoms with Gasteiger partial charge in [-0.1, -0.05) is 42.0 Å². The third-order valence-electron chi connectivity index (χ3n) is 5.32. The summed E-state index contributed by atoms with van der Waals surface area (Å²) < 4.78 is 38.3. The molecule has 2 aromatic heterocycles. The lowest BCUT2D eigenvalue weighted by Gasteiger charge is -2.28. The Kier molecular flexibility index (Phi) is 4.47. The molecule has 0 saturated carbocycles. The van der Waals surface area contributed by atoms with E-state index in [2.05, 4.69) is 17.1 Å². The molecule has 152 valence electrons. The molecular weight excluding hydrogens is 400 g/mol. The average Bonchev–Trinajstić information content (AvgIpc) is 3.44. The largest absolute Gasteiger partial charge is 0.459 e. The van der Waals surface area contributed by atoms with Crippen molar-refractivity contribution in [3.05, 3.63) is 83.6 Å². The van der Waals surface area contributed by atoms with Crippen molar-refractivity contribution >= 4 is 15.7 Å². The summed E-state index contributed by atoms with van der Waals surface area (Å²) in [5.74, 6) is 0.787. The number of hydrogen-bond donors (Lipinski definition) is 0. The van der Waals surface area contributed by atoms with E-state index in [-0.39, 0.29) is 21.7 Å². The molecule has 30 heavy (non-hydrogen) atoms. The molecule has 0 atom stereocenters. The number of hydrogen-bond acceptors (Lipinski definition) is 6. The van der Waals surface area contributed by atoms with Crippen LogP contribution in [0.15, 0.2) is 85.7 Å². The Morgan fingerprint density at radius 2 is 1.73 bits per heavy atom. The van der Waals surface area contributed by atoms with Crippen LogP contribution in [0.4, 0.5) is 5.88 Å². The number of rotatable bonds is 4. The van der Waals surface area contributed by atoms with Crippen LogP contribution in [-0.2, 0) is 22.8 Å². The molecule has 0 unspecified atom stereocenters. The van der Waals surface area contributed by atoms with Gasteiger partial charge in [-0.2, -0.15) is 4.98 Å². The Bertz CT molecular complexity index is 1290. The number of nitrogens with zero attached hydrogens (tertiary/aromatic N) is 2. The number of aromatic nitrogens is 1. The lowest BCUT2D eigenvalue weighted by molar-refractivity contribution is 0.502. The molecule has 5 rings (SSSR count). The van der Waals surface area contributed by atoms with Crippen LogP contribution >= 0.6 is 0 Å². The third-order valence-corrected chi connectivity index (χ3v) is 6.98. The Labute approximate surface area is 174 Å². The van der Waals surface area contributed by atoms with Crippen LogP contribution in [0.5, 0.6) is 0 Å². The molecule has 0 radical (unpaired) electrons. The fourth-order valence-corrected chi connectivity index (χ4v) is 5.00. The molecular formula is C23H20N2O4S. The molecule has 0 spiro atoms. The Morgan fingerprint density at radius 1 is 0.967 bits per heavy atom. The SMILES string of the molecule is Cc1ccc(S(=O)(=O)c2nc(-c3ccco3)oc2N2CCc3ccccc3C2)cc1. The van der Waals surface area contributed by atoms with Crippen molar-refractivity contribution in [1.82, 2.24) is 4.98 Å². The van der Waals surface area contributed by atoms with Gasteiger partial charge in [0.05, 0.1) is 11.2 Å². The summed E-state index contributed by atoms with van der Waals surface area (Å²) in [6, 6.07) is 18.3. The zero-order valence-electron chi connectivity index (χ0n) is 16.4. The second-order valence-electron chi connectivity index (χ2n) is 7.36. The van der Waals surface area contributed by atoms with Gasteiger partial charge in [0.15, 0.2) is 5.76 Å². The summed E-state index contributed by atoms with van der Waals surface area (Å²) in [7, 11) is -3.87. The van der Waals surface area contributed by atoms with Gasteiger partial charge in [-0.15, -0.1) is 0 Å². The number of aryl methyl sites for hydroxylation is 1. The molecule has 3 heterocycles. The van der Waals surface area contributed by atoms with Crippen molar-refractivity contribution in [2.45, 2.75) is 29.8 Å². The van der Waals surface area contributed by atoms with E-state index in [9.17, 15) is 8.42 Å². The molecule has 2 aromatic carbocycles. The normalized spacial score (nSPS) is 14.0. The van der Waals surface area contributed by atoms with Crippen LogP contribution in [0.25, 0.3) is 11.7 Å². The maximum Gasteiger partial charge on any atom is 0.266 e. The molecule has 0 N–H and O–H groups in total. The summed E-state index contributed by atoms with van der Waals surface area (Å²) in [5.41, 5.74) is 3.40. The molecule has 0 fully saturated rings. The first-order valence-corrected chi connectivity index (χ1v) is 11.2. The number of anilines is 1. The van der Waals surface area contributed by atoms with Gasteiger partial charge in [0.1, 0.15) is 0 Å². The van der Waals surface area contributed by atoms with E-state index in [0.717, 1.165) is 17.5 Å². The Morgan fingerprint density at radius 3 is 2.47 bits per heavy atom. The van der Waals surface area contributed by atoms with Gasteiger partial charge >= 0.3 is 0 Å². The van der Waals surface area contributed by atoms with E-state index < -0.39 is 9.84 Å². The average molecular weight is 420 g/mol. The minimum Gasteiger partial charge on any atom is -0.459 e. The molecule has 0 bridgehead atoms. The summed E-state index contributed by atoms with van der Waals surface area (Å²) in [6.07, 6.45) is 2.31. The van der Waals surface area contributed by atoms with Crippen molar-refractivity contribution in [3.8, 4) is 11.7 Å². The molecule has 6 nitrogen and oxygen atoms in total. The van der Waals surface area contributed by atoms with Gasteiger partial charge < -0.3 is 13.7 Å². The quantitative estimate of drug-likeness (QED) is 0.479. The molecule has 0 amide bonds. The Hall–Kier alpha value is -3.32. The predicted octanol–water partition coefficient (Wildman–Crippen LogP) is 4.64. The standard InChI is InChI=1S/C23H20N2O4S/c1-16-8-10-19(11-9-16)30(26,27)22-23(29-21(24-22)20-7-4-14-28-20)25-13-12-17-5-2-3-6-18(17)15-25/h2-11,14H,12-13,15H2,1H3. The number of benzene rings is 2.